The van der Waals surface area contributed by atoms with E-state index in [2.05, 4.69) is 0 Å². The van der Waals surface area contributed by atoms with Crippen LogP contribution in [0.3, 0.4) is 0 Å². The molecule has 1 amide bonds. The van der Waals surface area contributed by atoms with Gasteiger partial charge in [0, 0.05) is 12.6 Å². The largest absolute Gasteiger partial charge is 0.416 e. The van der Waals surface area contributed by atoms with E-state index in [1.54, 1.807) is 6.07 Å². The predicted molar refractivity (Wildman–Crippen MR) is 85.1 cm³/mol. The summed E-state index contributed by atoms with van der Waals surface area (Å²) in [6.45, 7) is 1.89. The molecule has 1 unspecified atom stereocenters. The molecule has 0 aliphatic heterocycles. The average Bonchev–Trinajstić information content (AvgIpc) is 3.28. The second-order valence-electron chi connectivity index (χ2n) is 5.75. The summed E-state index contributed by atoms with van der Waals surface area (Å²) in [5.41, 5.74) is 5.30. The smallest absolute Gasteiger partial charge is 0.334 e. The first kappa shape index (κ1) is 19.8. The second-order valence-corrected chi connectivity index (χ2v) is 5.75. The Balaban J connectivity index is 0.00000264. The number of carbonyl (C=O) groups excluding carboxylic acids is 1. The van der Waals surface area contributed by atoms with E-state index in [-0.39, 0.29) is 36.5 Å². The van der Waals surface area contributed by atoms with Gasteiger partial charge in [-0.05, 0) is 30.9 Å². The van der Waals surface area contributed by atoms with E-state index in [0.717, 1.165) is 25.3 Å². The lowest BCUT2D eigenvalue weighted by atomic mass is 10.1. The molecule has 130 valence electrons. The summed E-state index contributed by atoms with van der Waals surface area (Å²) in [5.74, 6) is -0.249. The van der Waals surface area contributed by atoms with Crippen molar-refractivity contribution in [1.82, 2.24) is 4.90 Å². The van der Waals surface area contributed by atoms with Crippen molar-refractivity contribution in [2.75, 3.05) is 0 Å². The van der Waals surface area contributed by atoms with Gasteiger partial charge in [-0.1, -0.05) is 31.5 Å². The first-order valence-electron chi connectivity index (χ1n) is 7.55. The standard InChI is InChI=1S/C16H21F3N2O.ClH/c1-2-5-14(20)15(22)21(12-8-9-12)10-11-6-3-4-7-13(11)16(17,18)19;/h3-4,6-7,12,14H,2,5,8-10,20H2,1H3;1H. The lowest BCUT2D eigenvalue weighted by molar-refractivity contribution is -0.140. The van der Waals surface area contributed by atoms with E-state index in [4.69, 9.17) is 5.73 Å². The first-order chi connectivity index (χ1) is 10.3. The highest BCUT2D eigenvalue weighted by molar-refractivity contribution is 5.85. The molecule has 7 heteroatoms. The fourth-order valence-electron chi connectivity index (χ4n) is 2.54. The number of rotatable bonds is 6. The summed E-state index contributed by atoms with van der Waals surface area (Å²) >= 11 is 0. The zero-order valence-electron chi connectivity index (χ0n) is 13.0. The van der Waals surface area contributed by atoms with Gasteiger partial charge in [0.25, 0.3) is 0 Å². The Kier molecular flexibility index (Phi) is 6.89. The lowest BCUT2D eigenvalue weighted by Gasteiger charge is -2.27. The maximum atomic E-state index is 13.1. The molecule has 23 heavy (non-hydrogen) atoms. The van der Waals surface area contributed by atoms with Crippen LogP contribution in [0, 0.1) is 0 Å². The van der Waals surface area contributed by atoms with E-state index >= 15 is 0 Å². The van der Waals surface area contributed by atoms with Crippen LogP contribution in [0.15, 0.2) is 24.3 Å². The Morgan fingerprint density at radius 2 is 1.96 bits per heavy atom. The molecule has 0 radical (unpaired) electrons. The maximum Gasteiger partial charge on any atom is 0.416 e. The molecular formula is C16H22ClF3N2O. The number of benzene rings is 1. The molecule has 1 atom stereocenters. The third kappa shape index (κ3) is 5.11. The van der Waals surface area contributed by atoms with Crippen molar-refractivity contribution in [3.63, 3.8) is 0 Å². The van der Waals surface area contributed by atoms with Crippen molar-refractivity contribution in [3.8, 4) is 0 Å². The number of amides is 1. The van der Waals surface area contributed by atoms with Gasteiger partial charge in [-0.15, -0.1) is 12.4 Å². The number of nitrogens with zero attached hydrogens (tertiary/aromatic N) is 1. The monoisotopic (exact) mass is 350 g/mol. The summed E-state index contributed by atoms with van der Waals surface area (Å²) < 4.78 is 39.2. The molecule has 0 heterocycles. The SMILES string of the molecule is CCCC(N)C(=O)N(Cc1ccccc1C(F)(F)F)C1CC1.Cl. The molecule has 1 aliphatic rings. The Labute approximate surface area is 140 Å². The maximum absolute atomic E-state index is 13.1. The van der Waals surface area contributed by atoms with E-state index in [0.29, 0.717) is 6.42 Å². The van der Waals surface area contributed by atoms with Crippen LogP contribution in [0.4, 0.5) is 13.2 Å². The molecule has 0 bridgehead atoms. The van der Waals surface area contributed by atoms with Gasteiger partial charge >= 0.3 is 6.18 Å². The Morgan fingerprint density at radius 3 is 2.48 bits per heavy atom. The van der Waals surface area contributed by atoms with Crippen LogP contribution in [0.5, 0.6) is 0 Å². The van der Waals surface area contributed by atoms with Crippen molar-refractivity contribution in [1.29, 1.82) is 0 Å². The van der Waals surface area contributed by atoms with Crippen LogP contribution in [0.1, 0.15) is 43.7 Å². The molecule has 0 saturated heterocycles. The van der Waals surface area contributed by atoms with Crippen LogP contribution in [-0.2, 0) is 17.5 Å². The molecule has 2 rings (SSSR count). The highest BCUT2D eigenvalue weighted by Gasteiger charge is 2.37. The van der Waals surface area contributed by atoms with Gasteiger partial charge in [-0.25, -0.2) is 0 Å². The minimum Gasteiger partial charge on any atom is -0.334 e. The third-order valence-electron chi connectivity index (χ3n) is 3.85. The second kappa shape index (κ2) is 8.02. The Morgan fingerprint density at radius 1 is 1.35 bits per heavy atom. The molecule has 1 aromatic carbocycles. The minimum absolute atomic E-state index is 0. The van der Waals surface area contributed by atoms with Crippen LogP contribution < -0.4 is 5.73 Å². The van der Waals surface area contributed by atoms with Gasteiger partial charge in [0.1, 0.15) is 0 Å². The van der Waals surface area contributed by atoms with Crippen molar-refractivity contribution in [3.05, 3.63) is 35.4 Å². The van der Waals surface area contributed by atoms with E-state index in [1.165, 1.54) is 17.0 Å². The summed E-state index contributed by atoms with van der Waals surface area (Å²) in [5, 5.41) is 0. The number of halogens is 4. The Hall–Kier alpha value is -1.27. The summed E-state index contributed by atoms with van der Waals surface area (Å²) in [6, 6.07) is 4.79. The molecule has 1 aromatic rings. The summed E-state index contributed by atoms with van der Waals surface area (Å²) in [4.78, 5) is 13.9. The van der Waals surface area contributed by atoms with E-state index < -0.39 is 17.8 Å². The topological polar surface area (TPSA) is 46.3 Å². The number of alkyl halides is 3. The molecule has 3 nitrogen and oxygen atoms in total. The van der Waals surface area contributed by atoms with Crippen molar-refractivity contribution >= 4 is 18.3 Å². The van der Waals surface area contributed by atoms with Crippen molar-refractivity contribution < 1.29 is 18.0 Å². The summed E-state index contributed by atoms with van der Waals surface area (Å²) in [6.07, 6.45) is -1.44. The Bertz CT molecular complexity index is 532. The number of nitrogens with two attached hydrogens (primary N) is 1. The zero-order valence-corrected chi connectivity index (χ0v) is 13.8. The highest BCUT2D eigenvalue weighted by Crippen LogP contribution is 2.35. The normalized spacial score (nSPS) is 15.7. The van der Waals surface area contributed by atoms with Crippen LogP contribution >= 0.6 is 12.4 Å². The van der Waals surface area contributed by atoms with Gasteiger partial charge in [0.2, 0.25) is 5.91 Å². The summed E-state index contributed by atoms with van der Waals surface area (Å²) in [7, 11) is 0. The number of hydrogen-bond acceptors (Lipinski definition) is 2. The average molecular weight is 351 g/mol. The minimum atomic E-state index is -4.42. The third-order valence-corrected chi connectivity index (χ3v) is 3.85. The first-order valence-corrected chi connectivity index (χ1v) is 7.55. The molecule has 1 aliphatic carbocycles. The van der Waals surface area contributed by atoms with Crippen molar-refractivity contribution in [2.45, 2.75) is 57.4 Å². The van der Waals surface area contributed by atoms with Gasteiger partial charge in [-0.3, -0.25) is 4.79 Å². The molecule has 1 saturated carbocycles. The van der Waals surface area contributed by atoms with Gasteiger partial charge < -0.3 is 10.6 Å². The van der Waals surface area contributed by atoms with E-state index in [1.807, 2.05) is 6.92 Å². The number of hydrogen-bond donors (Lipinski definition) is 1. The van der Waals surface area contributed by atoms with Crippen molar-refractivity contribution in [2.24, 2.45) is 5.73 Å². The fraction of sp³-hybridized carbons (Fsp3) is 0.562. The fourth-order valence-corrected chi connectivity index (χ4v) is 2.54. The highest BCUT2D eigenvalue weighted by atomic mass is 35.5. The molecule has 0 aromatic heterocycles. The van der Waals surface area contributed by atoms with Gasteiger partial charge in [0.05, 0.1) is 11.6 Å². The van der Waals surface area contributed by atoms with E-state index in [9.17, 15) is 18.0 Å². The molecule has 0 spiro atoms. The van der Waals surface area contributed by atoms with Crippen LogP contribution in [-0.4, -0.2) is 22.9 Å². The molecular weight excluding hydrogens is 329 g/mol. The lowest BCUT2D eigenvalue weighted by Crippen LogP contribution is -2.44. The van der Waals surface area contributed by atoms with Gasteiger partial charge in [-0.2, -0.15) is 13.2 Å². The zero-order chi connectivity index (χ0) is 16.3. The quantitative estimate of drug-likeness (QED) is 0.849. The van der Waals surface area contributed by atoms with Gasteiger partial charge in [0.15, 0.2) is 0 Å². The van der Waals surface area contributed by atoms with Crippen LogP contribution in [0.25, 0.3) is 0 Å². The number of carbonyl (C=O) groups is 1. The van der Waals surface area contributed by atoms with Crippen LogP contribution in [0.2, 0.25) is 0 Å². The molecule has 1 fully saturated rings. The predicted octanol–water partition coefficient (Wildman–Crippen LogP) is 3.75. The molecule has 2 N–H and O–H groups in total.